The molecular weight excluding hydrogens is 387 g/mol. The van der Waals surface area contributed by atoms with Crippen molar-refractivity contribution in [3.8, 4) is 0 Å². The molecule has 0 N–H and O–H groups in total. The summed E-state index contributed by atoms with van der Waals surface area (Å²) in [4.78, 5) is 30.9. The van der Waals surface area contributed by atoms with Crippen molar-refractivity contribution in [1.82, 2.24) is 18.7 Å². The number of rotatable bonds is 4. The maximum Gasteiger partial charge on any atom is 0.332 e. The first kappa shape index (κ1) is 19.8. The summed E-state index contributed by atoms with van der Waals surface area (Å²) >= 11 is 0. The van der Waals surface area contributed by atoms with Crippen LogP contribution in [-0.4, -0.2) is 30.9 Å². The number of hydrogen-bond donors (Lipinski definition) is 0. The van der Waals surface area contributed by atoms with Crippen LogP contribution >= 0.6 is 0 Å². The molecule has 3 heterocycles. The summed E-state index contributed by atoms with van der Waals surface area (Å²) in [5, 5.41) is 6.27. The average molecular weight is 410 g/mol. The molecule has 0 fully saturated rings. The van der Waals surface area contributed by atoms with Gasteiger partial charge in [-0.05, 0) is 26.8 Å². The van der Waals surface area contributed by atoms with E-state index in [1.807, 2.05) is 20.8 Å². The van der Waals surface area contributed by atoms with E-state index in [0.717, 1.165) is 15.9 Å². The number of halogens is 1. The number of hydrazone groups is 1. The Morgan fingerprint density at radius 3 is 2.63 bits per heavy atom. The van der Waals surface area contributed by atoms with E-state index >= 15 is 0 Å². The fourth-order valence-corrected chi connectivity index (χ4v) is 3.68. The Labute approximate surface area is 172 Å². The van der Waals surface area contributed by atoms with Gasteiger partial charge in [0.2, 0.25) is 5.95 Å². The fourth-order valence-electron chi connectivity index (χ4n) is 3.68. The predicted molar refractivity (Wildman–Crippen MR) is 115 cm³/mol. The zero-order valence-corrected chi connectivity index (χ0v) is 17.4. The van der Waals surface area contributed by atoms with Crippen molar-refractivity contribution in [3.63, 3.8) is 0 Å². The van der Waals surface area contributed by atoms with Crippen LogP contribution in [0.25, 0.3) is 11.2 Å². The van der Waals surface area contributed by atoms with E-state index in [1.165, 1.54) is 10.6 Å². The third-order valence-electron chi connectivity index (χ3n) is 5.36. The van der Waals surface area contributed by atoms with Crippen molar-refractivity contribution < 1.29 is 4.39 Å². The van der Waals surface area contributed by atoms with E-state index in [2.05, 4.69) is 16.7 Å². The van der Waals surface area contributed by atoms with Crippen molar-refractivity contribution in [3.05, 3.63) is 68.6 Å². The first-order chi connectivity index (χ1) is 14.2. The van der Waals surface area contributed by atoms with Crippen LogP contribution in [0.15, 0.2) is 51.1 Å². The number of fused-ring (bicyclic) bond motifs is 3. The summed E-state index contributed by atoms with van der Waals surface area (Å²) < 4.78 is 18.3. The first-order valence-electron chi connectivity index (χ1n) is 9.63. The molecule has 156 valence electrons. The van der Waals surface area contributed by atoms with Crippen molar-refractivity contribution in [1.29, 1.82) is 0 Å². The molecule has 1 atom stereocenters. The molecule has 0 unspecified atom stereocenters. The first-order valence-corrected chi connectivity index (χ1v) is 9.63. The minimum atomic E-state index is -0.553. The summed E-state index contributed by atoms with van der Waals surface area (Å²) in [7, 11) is 1.56. The lowest BCUT2D eigenvalue weighted by atomic mass is 10.2. The highest BCUT2D eigenvalue weighted by Gasteiger charge is 2.30. The van der Waals surface area contributed by atoms with Gasteiger partial charge < -0.3 is 0 Å². The molecule has 0 amide bonds. The highest BCUT2D eigenvalue weighted by Crippen LogP contribution is 2.30. The standard InChI is InChI=1S/C21H23FN6O2/c1-12(2)10-27-20-23-18-17(28(20)14(4)13(3)24-27)19(29)26(21(30)25(18)5)11-15-8-6-7-9-16(15)22/h6-9,14H,1,10-11H2,2-5H3/t14-/m1/s1. The molecule has 3 aromatic rings. The van der Waals surface area contributed by atoms with Crippen LogP contribution in [0.3, 0.4) is 0 Å². The van der Waals surface area contributed by atoms with Crippen molar-refractivity contribution in [2.24, 2.45) is 12.1 Å². The molecule has 30 heavy (non-hydrogen) atoms. The molecule has 0 bridgehead atoms. The van der Waals surface area contributed by atoms with Gasteiger partial charge in [-0.3, -0.25) is 18.5 Å². The van der Waals surface area contributed by atoms with Gasteiger partial charge in [0.25, 0.3) is 5.56 Å². The zero-order chi connectivity index (χ0) is 21.7. The number of aromatic nitrogens is 4. The third-order valence-corrected chi connectivity index (χ3v) is 5.36. The molecule has 0 radical (unpaired) electrons. The minimum Gasteiger partial charge on any atom is -0.294 e. The predicted octanol–water partition coefficient (Wildman–Crippen LogP) is 2.42. The van der Waals surface area contributed by atoms with E-state index in [0.29, 0.717) is 12.5 Å². The number of aryl methyl sites for hydroxylation is 1. The summed E-state index contributed by atoms with van der Waals surface area (Å²) in [6.45, 7) is 9.89. The summed E-state index contributed by atoms with van der Waals surface area (Å²) in [5.41, 5.74) is 1.45. The van der Waals surface area contributed by atoms with Gasteiger partial charge in [0.1, 0.15) is 5.82 Å². The molecule has 1 aliphatic rings. The second-order valence-corrected chi connectivity index (χ2v) is 7.71. The molecular formula is C21H23FN6O2. The Hall–Kier alpha value is -3.49. The fraction of sp³-hybridized carbons (Fsp3) is 0.333. The highest BCUT2D eigenvalue weighted by molar-refractivity contribution is 5.91. The Balaban J connectivity index is 2.00. The third kappa shape index (κ3) is 2.97. The molecule has 0 saturated carbocycles. The van der Waals surface area contributed by atoms with Gasteiger partial charge in [-0.1, -0.05) is 30.4 Å². The quantitative estimate of drug-likeness (QED) is 0.619. The van der Waals surface area contributed by atoms with Crippen LogP contribution in [0, 0.1) is 5.82 Å². The summed E-state index contributed by atoms with van der Waals surface area (Å²) in [6.07, 6.45) is 0. The number of anilines is 1. The van der Waals surface area contributed by atoms with Crippen LogP contribution in [0.4, 0.5) is 10.3 Å². The van der Waals surface area contributed by atoms with Crippen LogP contribution in [-0.2, 0) is 13.6 Å². The van der Waals surface area contributed by atoms with Gasteiger partial charge in [0.05, 0.1) is 24.8 Å². The van der Waals surface area contributed by atoms with E-state index < -0.39 is 17.1 Å². The number of benzene rings is 1. The summed E-state index contributed by atoms with van der Waals surface area (Å²) in [6, 6.07) is 5.88. The molecule has 2 aromatic heterocycles. The lowest BCUT2D eigenvalue weighted by Gasteiger charge is -2.29. The number of imidazole rings is 1. The van der Waals surface area contributed by atoms with Crippen LogP contribution < -0.4 is 16.3 Å². The number of hydrogen-bond acceptors (Lipinski definition) is 5. The molecule has 0 spiro atoms. The van der Waals surface area contributed by atoms with Gasteiger partial charge in [-0.25, -0.2) is 14.2 Å². The molecule has 0 aliphatic carbocycles. The van der Waals surface area contributed by atoms with Crippen molar-refractivity contribution in [2.75, 3.05) is 11.6 Å². The van der Waals surface area contributed by atoms with Crippen molar-refractivity contribution >= 4 is 22.8 Å². The second kappa shape index (κ2) is 7.08. The molecule has 1 aliphatic heterocycles. The Bertz CT molecular complexity index is 1330. The maximum atomic E-state index is 14.2. The molecule has 8 nitrogen and oxygen atoms in total. The van der Waals surface area contributed by atoms with Gasteiger partial charge in [0, 0.05) is 12.6 Å². The zero-order valence-electron chi connectivity index (χ0n) is 17.4. The van der Waals surface area contributed by atoms with E-state index in [4.69, 9.17) is 0 Å². The Kier molecular flexibility index (Phi) is 4.68. The van der Waals surface area contributed by atoms with Crippen LogP contribution in [0.1, 0.15) is 32.4 Å². The SMILES string of the molecule is C=C(C)CN1N=C(C)[C@@H](C)n2c1nc1c2c(=O)n(Cc2ccccc2F)c(=O)n1C. The van der Waals surface area contributed by atoms with Gasteiger partial charge in [0.15, 0.2) is 11.2 Å². The maximum absolute atomic E-state index is 14.2. The normalized spacial score (nSPS) is 16.0. The lowest BCUT2D eigenvalue weighted by molar-refractivity contribution is 0.580. The van der Waals surface area contributed by atoms with E-state index in [9.17, 15) is 14.0 Å². The summed E-state index contributed by atoms with van der Waals surface area (Å²) in [5.74, 6) is 0.00711. The monoisotopic (exact) mass is 410 g/mol. The highest BCUT2D eigenvalue weighted by atomic mass is 19.1. The van der Waals surface area contributed by atoms with Gasteiger partial charge in [-0.2, -0.15) is 10.1 Å². The Morgan fingerprint density at radius 1 is 1.27 bits per heavy atom. The second-order valence-electron chi connectivity index (χ2n) is 7.71. The van der Waals surface area contributed by atoms with E-state index in [1.54, 1.807) is 34.8 Å². The van der Waals surface area contributed by atoms with Gasteiger partial charge >= 0.3 is 5.69 Å². The minimum absolute atomic E-state index is 0.161. The van der Waals surface area contributed by atoms with Gasteiger partial charge in [-0.15, -0.1) is 0 Å². The van der Waals surface area contributed by atoms with Crippen molar-refractivity contribution in [2.45, 2.75) is 33.4 Å². The van der Waals surface area contributed by atoms with Crippen LogP contribution in [0.2, 0.25) is 0 Å². The molecule has 1 aromatic carbocycles. The lowest BCUT2D eigenvalue weighted by Crippen LogP contribution is -2.40. The topological polar surface area (TPSA) is 77.4 Å². The van der Waals surface area contributed by atoms with E-state index in [-0.39, 0.29) is 29.3 Å². The smallest absolute Gasteiger partial charge is 0.294 e. The number of nitrogens with zero attached hydrogens (tertiary/aromatic N) is 6. The largest absolute Gasteiger partial charge is 0.332 e. The molecule has 4 rings (SSSR count). The average Bonchev–Trinajstić information content (AvgIpc) is 3.10. The molecule has 0 saturated heterocycles. The molecule has 9 heteroatoms. The van der Waals surface area contributed by atoms with Crippen LogP contribution in [0.5, 0.6) is 0 Å². The Morgan fingerprint density at radius 2 is 1.97 bits per heavy atom.